The Morgan fingerprint density at radius 3 is 2.56 bits per heavy atom. The third kappa shape index (κ3) is 2.33. The molecule has 0 atom stereocenters. The first kappa shape index (κ1) is 12.1. The maximum atomic E-state index is 4.56. The van der Waals surface area contributed by atoms with E-state index in [1.807, 2.05) is 6.20 Å². The largest absolute Gasteiger partial charge is 0.323 e. The van der Waals surface area contributed by atoms with Gasteiger partial charge in [0, 0.05) is 12.5 Å². The van der Waals surface area contributed by atoms with Gasteiger partial charge in [-0.25, -0.2) is 4.98 Å². The van der Waals surface area contributed by atoms with Crippen LogP contribution in [0.4, 0.5) is 0 Å². The molecule has 1 aliphatic heterocycles. The van der Waals surface area contributed by atoms with Crippen LogP contribution in [-0.4, -0.2) is 34.1 Å². The molecule has 2 rings (SSSR count). The van der Waals surface area contributed by atoms with Crippen molar-refractivity contribution < 1.29 is 0 Å². The lowest BCUT2D eigenvalue weighted by Crippen LogP contribution is -2.33. The van der Waals surface area contributed by atoms with Crippen molar-refractivity contribution >= 4 is 15.9 Å². The summed E-state index contributed by atoms with van der Waals surface area (Å²) in [6, 6.07) is 0. The van der Waals surface area contributed by atoms with Crippen LogP contribution in [0.5, 0.6) is 0 Å². The predicted molar refractivity (Wildman–Crippen MR) is 69.7 cm³/mol. The van der Waals surface area contributed by atoms with Gasteiger partial charge in [-0.1, -0.05) is 6.92 Å². The van der Waals surface area contributed by atoms with Gasteiger partial charge in [0.15, 0.2) is 0 Å². The Labute approximate surface area is 106 Å². The van der Waals surface area contributed by atoms with Crippen molar-refractivity contribution in [2.75, 3.05) is 19.6 Å². The molecule has 0 aliphatic carbocycles. The zero-order valence-electron chi connectivity index (χ0n) is 10.1. The number of nitrogens with zero attached hydrogens (tertiary/aromatic N) is 3. The summed E-state index contributed by atoms with van der Waals surface area (Å²) >= 11 is 3.56. The highest BCUT2D eigenvalue weighted by Gasteiger charge is 2.23. The van der Waals surface area contributed by atoms with Crippen LogP contribution in [0.3, 0.4) is 0 Å². The molecule has 0 amide bonds. The average molecular weight is 286 g/mol. The Bertz CT molecular complexity index is 340. The Hall–Kier alpha value is -0.350. The van der Waals surface area contributed by atoms with E-state index in [0.29, 0.717) is 5.92 Å². The van der Waals surface area contributed by atoms with Gasteiger partial charge in [0.25, 0.3) is 0 Å². The quantitative estimate of drug-likeness (QED) is 0.852. The van der Waals surface area contributed by atoms with E-state index in [1.165, 1.54) is 38.3 Å². The van der Waals surface area contributed by atoms with Gasteiger partial charge in [0.2, 0.25) is 0 Å². The molecule has 90 valence electrons. The number of aromatic nitrogens is 2. The summed E-state index contributed by atoms with van der Waals surface area (Å²) in [4.78, 5) is 7.08. The molecular formula is C12H20BrN3. The van der Waals surface area contributed by atoms with Gasteiger partial charge in [0.05, 0.1) is 6.20 Å². The molecule has 0 spiro atoms. The van der Waals surface area contributed by atoms with Crippen molar-refractivity contribution in [1.29, 1.82) is 0 Å². The number of halogens is 1. The fourth-order valence-electron chi connectivity index (χ4n) is 2.51. The fourth-order valence-corrected chi connectivity index (χ4v) is 3.05. The lowest BCUT2D eigenvalue weighted by molar-refractivity contribution is 0.217. The molecule has 1 saturated heterocycles. The Kier molecular flexibility index (Phi) is 4.03. The summed E-state index contributed by atoms with van der Waals surface area (Å²) in [5.41, 5.74) is 0. The molecule has 0 unspecified atom stereocenters. The number of hydrogen-bond donors (Lipinski definition) is 0. The van der Waals surface area contributed by atoms with Gasteiger partial charge in [-0.05, 0) is 55.3 Å². The number of piperidine rings is 1. The van der Waals surface area contributed by atoms with Crippen LogP contribution in [0.2, 0.25) is 0 Å². The van der Waals surface area contributed by atoms with Crippen molar-refractivity contribution in [1.82, 2.24) is 14.5 Å². The number of rotatable bonds is 3. The minimum Gasteiger partial charge on any atom is -0.323 e. The highest BCUT2D eigenvalue weighted by atomic mass is 79.9. The third-order valence-electron chi connectivity index (χ3n) is 3.55. The summed E-state index contributed by atoms with van der Waals surface area (Å²) in [5, 5.41) is 0. The first-order valence-electron chi connectivity index (χ1n) is 6.19. The van der Waals surface area contributed by atoms with Gasteiger partial charge >= 0.3 is 0 Å². The molecule has 0 N–H and O–H groups in total. The maximum Gasteiger partial charge on any atom is 0.112 e. The molecule has 16 heavy (non-hydrogen) atoms. The number of imidazole rings is 1. The molecule has 0 bridgehead atoms. The van der Waals surface area contributed by atoms with Crippen molar-refractivity contribution in [3.8, 4) is 0 Å². The zero-order valence-corrected chi connectivity index (χ0v) is 11.7. The second-order valence-corrected chi connectivity index (χ2v) is 5.20. The molecule has 4 heteroatoms. The van der Waals surface area contributed by atoms with Crippen molar-refractivity contribution in [2.24, 2.45) is 0 Å². The lowest BCUT2D eigenvalue weighted by atomic mass is 9.96. The van der Waals surface area contributed by atoms with Gasteiger partial charge in [-0.15, -0.1) is 0 Å². The topological polar surface area (TPSA) is 21.1 Å². The second-order valence-electron chi connectivity index (χ2n) is 4.39. The van der Waals surface area contributed by atoms with Gasteiger partial charge in [0.1, 0.15) is 10.4 Å². The van der Waals surface area contributed by atoms with E-state index >= 15 is 0 Å². The summed E-state index contributed by atoms with van der Waals surface area (Å²) in [5.74, 6) is 1.92. The summed E-state index contributed by atoms with van der Waals surface area (Å²) in [6.45, 7) is 9.04. The predicted octanol–water partition coefficient (Wildman–Crippen LogP) is 2.86. The smallest absolute Gasteiger partial charge is 0.112 e. The molecule has 0 saturated carbocycles. The SMILES string of the molecule is CCN1CCC(c2ncc(Br)n2CC)CC1. The van der Waals surface area contributed by atoms with Crippen LogP contribution < -0.4 is 0 Å². The molecule has 1 fully saturated rings. The minimum absolute atomic E-state index is 0.647. The zero-order chi connectivity index (χ0) is 11.5. The Balaban J connectivity index is 2.08. The van der Waals surface area contributed by atoms with E-state index in [1.54, 1.807) is 0 Å². The van der Waals surface area contributed by atoms with Gasteiger partial charge in [-0.2, -0.15) is 0 Å². The Morgan fingerprint density at radius 1 is 1.31 bits per heavy atom. The van der Waals surface area contributed by atoms with Gasteiger partial charge in [-0.3, -0.25) is 0 Å². The molecular weight excluding hydrogens is 266 g/mol. The monoisotopic (exact) mass is 285 g/mol. The van der Waals surface area contributed by atoms with Crippen LogP contribution in [-0.2, 0) is 6.54 Å². The van der Waals surface area contributed by atoms with Crippen molar-refractivity contribution in [2.45, 2.75) is 39.2 Å². The molecule has 1 aliphatic rings. The van der Waals surface area contributed by atoms with E-state index < -0.39 is 0 Å². The van der Waals surface area contributed by atoms with Crippen LogP contribution in [0.15, 0.2) is 10.8 Å². The summed E-state index contributed by atoms with van der Waals surface area (Å²) in [6.07, 6.45) is 4.43. The fraction of sp³-hybridized carbons (Fsp3) is 0.750. The lowest BCUT2D eigenvalue weighted by Gasteiger charge is -2.30. The van der Waals surface area contributed by atoms with Crippen LogP contribution in [0, 0.1) is 0 Å². The third-order valence-corrected chi connectivity index (χ3v) is 4.19. The molecule has 2 heterocycles. The minimum atomic E-state index is 0.647. The van der Waals surface area contributed by atoms with E-state index in [0.717, 1.165) is 11.1 Å². The van der Waals surface area contributed by atoms with Crippen molar-refractivity contribution in [3.05, 3.63) is 16.6 Å². The normalized spacial score (nSPS) is 19.2. The van der Waals surface area contributed by atoms with E-state index in [-0.39, 0.29) is 0 Å². The standard InChI is InChI=1S/C12H20BrN3/c1-3-15-7-5-10(6-8-15)12-14-9-11(13)16(12)4-2/h9-10H,3-8H2,1-2H3. The second kappa shape index (κ2) is 5.32. The molecule has 1 aromatic heterocycles. The summed E-state index contributed by atoms with van der Waals surface area (Å²) < 4.78 is 3.40. The van der Waals surface area contributed by atoms with E-state index in [4.69, 9.17) is 0 Å². The molecule has 3 nitrogen and oxygen atoms in total. The van der Waals surface area contributed by atoms with Crippen molar-refractivity contribution in [3.63, 3.8) is 0 Å². The summed E-state index contributed by atoms with van der Waals surface area (Å²) in [7, 11) is 0. The Morgan fingerprint density at radius 2 is 2.00 bits per heavy atom. The highest BCUT2D eigenvalue weighted by Crippen LogP contribution is 2.28. The maximum absolute atomic E-state index is 4.56. The highest BCUT2D eigenvalue weighted by molar-refractivity contribution is 9.10. The average Bonchev–Trinajstić information content (AvgIpc) is 2.70. The van der Waals surface area contributed by atoms with Crippen LogP contribution in [0.1, 0.15) is 38.4 Å². The van der Waals surface area contributed by atoms with E-state index in [9.17, 15) is 0 Å². The molecule has 0 aromatic carbocycles. The molecule has 0 radical (unpaired) electrons. The number of likely N-dealkylation sites (tertiary alicyclic amines) is 1. The van der Waals surface area contributed by atoms with E-state index in [2.05, 4.69) is 44.2 Å². The first-order chi connectivity index (χ1) is 7.76. The number of hydrogen-bond acceptors (Lipinski definition) is 2. The van der Waals surface area contributed by atoms with Crippen LogP contribution >= 0.6 is 15.9 Å². The first-order valence-corrected chi connectivity index (χ1v) is 6.98. The van der Waals surface area contributed by atoms with Crippen LogP contribution in [0.25, 0.3) is 0 Å². The van der Waals surface area contributed by atoms with Gasteiger partial charge < -0.3 is 9.47 Å². The molecule has 1 aromatic rings.